The van der Waals surface area contributed by atoms with Crippen LogP contribution in [0.5, 0.6) is 0 Å². The minimum atomic E-state index is -3.13. The van der Waals surface area contributed by atoms with Crippen LogP contribution in [0.4, 0.5) is 4.79 Å². The first-order valence-electron chi connectivity index (χ1n) is 7.99. The van der Waals surface area contributed by atoms with E-state index in [1.54, 1.807) is 12.1 Å². The van der Waals surface area contributed by atoms with E-state index in [0.29, 0.717) is 10.9 Å². The van der Waals surface area contributed by atoms with Crippen molar-refractivity contribution in [3.05, 3.63) is 29.8 Å². The normalized spacial score (nSPS) is 20.7. The summed E-state index contributed by atoms with van der Waals surface area (Å²) in [5.74, 6) is 0. The number of carbonyl (C=O) groups excluding carboxylic acids is 1. The van der Waals surface area contributed by atoms with Crippen LogP contribution in [0.3, 0.4) is 0 Å². The van der Waals surface area contributed by atoms with Crippen LogP contribution in [0.2, 0.25) is 0 Å². The van der Waals surface area contributed by atoms with Crippen molar-refractivity contribution in [1.82, 2.24) is 15.1 Å². The summed E-state index contributed by atoms with van der Waals surface area (Å²) in [6, 6.07) is 7.53. The topological polar surface area (TPSA) is 69.7 Å². The third kappa shape index (κ3) is 3.84. The smallest absolute Gasteiger partial charge is 0.317 e. The molecule has 126 valence electrons. The first kappa shape index (κ1) is 16.3. The summed E-state index contributed by atoms with van der Waals surface area (Å²) in [7, 11) is -3.13. The van der Waals surface area contributed by atoms with Crippen LogP contribution in [0, 0.1) is 0 Å². The monoisotopic (exact) mass is 337 g/mol. The van der Waals surface area contributed by atoms with Crippen molar-refractivity contribution >= 4 is 15.9 Å². The fourth-order valence-corrected chi connectivity index (χ4v) is 3.95. The molecule has 0 aromatic heterocycles. The molecule has 7 heteroatoms. The molecule has 1 N–H and O–H groups in total. The number of sulfone groups is 1. The Bertz CT molecular complexity index is 664. The summed E-state index contributed by atoms with van der Waals surface area (Å²) in [4.78, 5) is 16.4. The Morgan fingerprint density at radius 2 is 1.78 bits per heavy atom. The van der Waals surface area contributed by atoms with E-state index in [1.165, 1.54) is 6.26 Å². The molecule has 0 radical (unpaired) electrons. The molecule has 2 fully saturated rings. The van der Waals surface area contributed by atoms with Gasteiger partial charge in [-0.05, 0) is 30.5 Å². The number of hydrogen-bond donors (Lipinski definition) is 1. The number of urea groups is 1. The summed E-state index contributed by atoms with van der Waals surface area (Å²) < 4.78 is 22.9. The lowest BCUT2D eigenvalue weighted by Crippen LogP contribution is -2.45. The molecule has 3 rings (SSSR count). The van der Waals surface area contributed by atoms with Gasteiger partial charge in [0.05, 0.1) is 4.90 Å². The second kappa shape index (κ2) is 6.49. The highest BCUT2D eigenvalue weighted by molar-refractivity contribution is 7.90. The van der Waals surface area contributed by atoms with Gasteiger partial charge in [0.1, 0.15) is 0 Å². The Morgan fingerprint density at radius 3 is 2.30 bits per heavy atom. The zero-order valence-corrected chi connectivity index (χ0v) is 14.2. The maximum atomic E-state index is 11.7. The van der Waals surface area contributed by atoms with Gasteiger partial charge in [-0.2, -0.15) is 0 Å². The van der Waals surface area contributed by atoms with Gasteiger partial charge < -0.3 is 10.2 Å². The van der Waals surface area contributed by atoms with Crippen LogP contribution in [-0.2, 0) is 16.4 Å². The Kier molecular flexibility index (Phi) is 4.59. The van der Waals surface area contributed by atoms with Gasteiger partial charge in [-0.1, -0.05) is 12.1 Å². The zero-order chi connectivity index (χ0) is 16.4. The molecule has 2 saturated heterocycles. The van der Waals surface area contributed by atoms with Crippen LogP contribution in [-0.4, -0.2) is 62.7 Å². The fraction of sp³-hybridized carbons (Fsp3) is 0.562. The van der Waals surface area contributed by atoms with E-state index in [-0.39, 0.29) is 6.03 Å². The van der Waals surface area contributed by atoms with Crippen molar-refractivity contribution in [1.29, 1.82) is 0 Å². The van der Waals surface area contributed by atoms with Crippen molar-refractivity contribution in [2.75, 3.05) is 32.4 Å². The van der Waals surface area contributed by atoms with Gasteiger partial charge in [0.2, 0.25) is 0 Å². The number of carbonyl (C=O) groups is 1. The molecule has 6 nitrogen and oxygen atoms in total. The number of amides is 2. The van der Waals surface area contributed by atoms with Crippen LogP contribution < -0.4 is 5.32 Å². The maximum absolute atomic E-state index is 11.7. The SMILES string of the molecule is CS(=O)(=O)c1ccc(CN2CCC(N3CCNC3=O)CC2)cc1. The molecule has 0 atom stereocenters. The summed E-state index contributed by atoms with van der Waals surface area (Å²) in [6.45, 7) is 4.32. The molecule has 0 bridgehead atoms. The summed E-state index contributed by atoms with van der Waals surface area (Å²) in [5.41, 5.74) is 1.12. The highest BCUT2D eigenvalue weighted by Crippen LogP contribution is 2.20. The lowest BCUT2D eigenvalue weighted by Gasteiger charge is -2.36. The number of likely N-dealkylation sites (tertiary alicyclic amines) is 1. The number of hydrogen-bond acceptors (Lipinski definition) is 4. The molecule has 1 aromatic carbocycles. The second-order valence-electron chi connectivity index (χ2n) is 6.35. The Balaban J connectivity index is 1.53. The lowest BCUT2D eigenvalue weighted by atomic mass is 10.0. The van der Waals surface area contributed by atoms with Crippen LogP contribution in [0.15, 0.2) is 29.2 Å². The first-order valence-corrected chi connectivity index (χ1v) is 9.88. The van der Waals surface area contributed by atoms with E-state index in [9.17, 15) is 13.2 Å². The Morgan fingerprint density at radius 1 is 1.13 bits per heavy atom. The zero-order valence-electron chi connectivity index (χ0n) is 13.4. The number of rotatable bonds is 4. The molecule has 2 aliphatic rings. The van der Waals surface area contributed by atoms with E-state index in [1.807, 2.05) is 17.0 Å². The third-order valence-corrected chi connectivity index (χ3v) is 5.77. The van der Waals surface area contributed by atoms with Crippen LogP contribution in [0.1, 0.15) is 18.4 Å². The van der Waals surface area contributed by atoms with Gasteiger partial charge in [-0.15, -0.1) is 0 Å². The number of benzene rings is 1. The minimum absolute atomic E-state index is 0.0693. The van der Waals surface area contributed by atoms with Gasteiger partial charge in [0.15, 0.2) is 9.84 Å². The summed E-state index contributed by atoms with van der Waals surface area (Å²) >= 11 is 0. The molecule has 0 spiro atoms. The van der Waals surface area contributed by atoms with E-state index in [0.717, 1.165) is 51.1 Å². The van der Waals surface area contributed by atoms with Gasteiger partial charge >= 0.3 is 6.03 Å². The Labute approximate surface area is 137 Å². The second-order valence-corrected chi connectivity index (χ2v) is 8.36. The van der Waals surface area contributed by atoms with E-state index in [2.05, 4.69) is 10.2 Å². The molecular weight excluding hydrogens is 314 g/mol. The maximum Gasteiger partial charge on any atom is 0.317 e. The number of nitrogens with one attached hydrogen (secondary N) is 1. The quantitative estimate of drug-likeness (QED) is 0.893. The van der Waals surface area contributed by atoms with Gasteiger partial charge in [-0.3, -0.25) is 4.90 Å². The molecule has 2 amide bonds. The highest BCUT2D eigenvalue weighted by atomic mass is 32.2. The van der Waals surface area contributed by atoms with Crippen molar-refractivity contribution in [3.63, 3.8) is 0 Å². The van der Waals surface area contributed by atoms with Crippen molar-refractivity contribution in [2.45, 2.75) is 30.3 Å². The Hall–Kier alpha value is -1.60. The standard InChI is InChI=1S/C16H23N3O3S/c1-23(21,22)15-4-2-13(3-5-15)12-18-9-6-14(7-10-18)19-11-8-17-16(19)20/h2-5,14H,6-12H2,1H3,(H,17,20). The molecule has 0 unspecified atom stereocenters. The number of piperidine rings is 1. The molecule has 0 aliphatic carbocycles. The molecule has 23 heavy (non-hydrogen) atoms. The molecule has 2 aliphatic heterocycles. The highest BCUT2D eigenvalue weighted by Gasteiger charge is 2.30. The van der Waals surface area contributed by atoms with Crippen LogP contribution >= 0.6 is 0 Å². The lowest BCUT2D eigenvalue weighted by molar-refractivity contribution is 0.132. The summed E-state index contributed by atoms with van der Waals surface area (Å²) in [6.07, 6.45) is 3.21. The van der Waals surface area contributed by atoms with E-state index in [4.69, 9.17) is 0 Å². The van der Waals surface area contributed by atoms with Gasteiger partial charge in [0, 0.05) is 45.0 Å². The van der Waals surface area contributed by atoms with Crippen molar-refractivity contribution in [3.8, 4) is 0 Å². The van der Waals surface area contributed by atoms with E-state index >= 15 is 0 Å². The molecular formula is C16H23N3O3S. The largest absolute Gasteiger partial charge is 0.336 e. The fourth-order valence-electron chi connectivity index (χ4n) is 3.32. The molecule has 1 aromatic rings. The molecule has 0 saturated carbocycles. The van der Waals surface area contributed by atoms with Gasteiger partial charge in [0.25, 0.3) is 0 Å². The first-order chi connectivity index (χ1) is 10.9. The third-order valence-electron chi connectivity index (χ3n) is 4.65. The predicted octanol–water partition coefficient (Wildman–Crippen LogP) is 1.08. The minimum Gasteiger partial charge on any atom is -0.336 e. The summed E-state index contributed by atoms with van der Waals surface area (Å²) in [5, 5.41) is 2.86. The number of nitrogens with zero attached hydrogens (tertiary/aromatic N) is 2. The van der Waals surface area contributed by atoms with Crippen molar-refractivity contribution in [2.24, 2.45) is 0 Å². The van der Waals surface area contributed by atoms with Crippen molar-refractivity contribution < 1.29 is 13.2 Å². The average Bonchev–Trinajstić information content (AvgIpc) is 2.94. The van der Waals surface area contributed by atoms with Gasteiger partial charge in [-0.25, -0.2) is 13.2 Å². The van der Waals surface area contributed by atoms with Crippen LogP contribution in [0.25, 0.3) is 0 Å². The van der Waals surface area contributed by atoms with E-state index < -0.39 is 9.84 Å². The molecule has 2 heterocycles. The predicted molar refractivity (Wildman–Crippen MR) is 88.0 cm³/mol. The average molecular weight is 337 g/mol.